The van der Waals surface area contributed by atoms with Gasteiger partial charge in [0.25, 0.3) is 10.0 Å². The molecule has 0 aliphatic carbocycles. The molecule has 0 spiro atoms. The lowest BCUT2D eigenvalue weighted by atomic mass is 10.4. The molecule has 0 saturated heterocycles. The summed E-state index contributed by atoms with van der Waals surface area (Å²) >= 11 is 8.86. The van der Waals surface area contributed by atoms with Crippen LogP contribution >= 0.6 is 27.5 Å². The summed E-state index contributed by atoms with van der Waals surface area (Å²) in [5.41, 5.74) is 0.308. The van der Waals surface area contributed by atoms with Crippen LogP contribution in [0.2, 0.25) is 5.15 Å². The van der Waals surface area contributed by atoms with Crippen molar-refractivity contribution >= 4 is 43.2 Å². The quantitative estimate of drug-likeness (QED) is 0.839. The van der Waals surface area contributed by atoms with E-state index in [1.165, 1.54) is 24.7 Å². The van der Waals surface area contributed by atoms with Crippen molar-refractivity contribution in [2.24, 2.45) is 0 Å². The third-order valence-electron chi connectivity index (χ3n) is 1.83. The topological polar surface area (TPSA) is 87.7 Å². The Labute approximate surface area is 111 Å². The molecule has 0 aliphatic heterocycles. The number of hydrogen-bond donors (Lipinski definition) is 2. The zero-order valence-corrected chi connectivity index (χ0v) is 11.3. The Morgan fingerprint density at radius 1 is 1.41 bits per heavy atom. The zero-order chi connectivity index (χ0) is 12.5. The van der Waals surface area contributed by atoms with Crippen LogP contribution in [0.4, 0.5) is 5.69 Å². The number of rotatable bonds is 3. The summed E-state index contributed by atoms with van der Waals surface area (Å²) in [6.45, 7) is 0. The van der Waals surface area contributed by atoms with Crippen LogP contribution in [0, 0.1) is 0 Å². The number of hydrogen-bond acceptors (Lipinski definition) is 4. The Hall–Kier alpha value is -1.12. The van der Waals surface area contributed by atoms with Gasteiger partial charge in [0.15, 0.2) is 0 Å². The van der Waals surface area contributed by atoms with Crippen molar-refractivity contribution in [3.63, 3.8) is 0 Å². The molecule has 2 heterocycles. The van der Waals surface area contributed by atoms with Gasteiger partial charge < -0.3 is 0 Å². The molecule has 0 radical (unpaired) electrons. The Morgan fingerprint density at radius 3 is 2.76 bits per heavy atom. The molecule has 0 aromatic carbocycles. The fraction of sp³-hybridized carbons (Fsp3) is 0. The highest BCUT2D eigenvalue weighted by atomic mass is 79.9. The molecule has 0 fully saturated rings. The van der Waals surface area contributed by atoms with Gasteiger partial charge in [0, 0.05) is 6.20 Å². The van der Waals surface area contributed by atoms with Gasteiger partial charge in [0.2, 0.25) is 0 Å². The molecular weight excluding hydrogens is 332 g/mol. The zero-order valence-electron chi connectivity index (χ0n) is 8.18. The molecule has 0 bridgehead atoms. The van der Waals surface area contributed by atoms with Crippen molar-refractivity contribution in [3.8, 4) is 0 Å². The van der Waals surface area contributed by atoms with Crippen molar-refractivity contribution in [3.05, 3.63) is 34.3 Å². The smallest absolute Gasteiger partial charge is 0.265 e. The van der Waals surface area contributed by atoms with Gasteiger partial charge in [-0.25, -0.2) is 13.4 Å². The van der Waals surface area contributed by atoms with E-state index in [9.17, 15) is 8.42 Å². The predicted molar refractivity (Wildman–Crippen MR) is 66.3 cm³/mol. The van der Waals surface area contributed by atoms with Gasteiger partial charge in [-0.05, 0) is 22.0 Å². The Morgan fingerprint density at radius 2 is 2.18 bits per heavy atom. The number of nitrogens with zero attached hydrogens (tertiary/aromatic N) is 2. The van der Waals surface area contributed by atoms with Gasteiger partial charge in [-0.15, -0.1) is 0 Å². The summed E-state index contributed by atoms with van der Waals surface area (Å²) in [5.74, 6) is 0. The van der Waals surface area contributed by atoms with E-state index >= 15 is 0 Å². The van der Waals surface area contributed by atoms with Gasteiger partial charge in [0.1, 0.15) is 10.0 Å². The third kappa shape index (κ3) is 2.76. The molecule has 2 N–H and O–H groups in total. The summed E-state index contributed by atoms with van der Waals surface area (Å²) in [7, 11) is -3.65. The highest BCUT2D eigenvalue weighted by molar-refractivity contribution is 9.10. The number of aromatic nitrogens is 3. The van der Waals surface area contributed by atoms with Gasteiger partial charge >= 0.3 is 0 Å². The van der Waals surface area contributed by atoms with Gasteiger partial charge in [-0.3, -0.25) is 9.82 Å². The number of aromatic amines is 1. The normalized spacial score (nSPS) is 11.4. The Balaban J connectivity index is 2.30. The van der Waals surface area contributed by atoms with Crippen LogP contribution in [0.15, 0.2) is 34.0 Å². The van der Waals surface area contributed by atoms with Gasteiger partial charge in [-0.1, -0.05) is 11.6 Å². The molecule has 0 saturated carbocycles. The van der Waals surface area contributed by atoms with Crippen molar-refractivity contribution in [1.29, 1.82) is 0 Å². The summed E-state index contributed by atoms with van der Waals surface area (Å²) in [6, 6.07) is 1.52. The number of H-pyrrole nitrogens is 1. The molecular formula is C8H6BrClN4O2S. The SMILES string of the molecule is O=S(=O)(Nc1cnc(Cl)c(Br)c1)c1cn[nH]c1. The lowest BCUT2D eigenvalue weighted by Gasteiger charge is -2.06. The lowest BCUT2D eigenvalue weighted by molar-refractivity contribution is 0.601. The standard InChI is InChI=1S/C8H6BrClN4O2S/c9-7-1-5(2-11-8(7)10)14-17(15,16)6-3-12-13-4-6/h1-4,14H,(H,12,13). The maximum atomic E-state index is 11.8. The fourth-order valence-electron chi connectivity index (χ4n) is 1.08. The molecule has 2 aromatic heterocycles. The molecule has 2 rings (SSSR count). The molecule has 0 unspecified atom stereocenters. The minimum absolute atomic E-state index is 0.0450. The number of nitrogens with one attached hydrogen (secondary N) is 2. The van der Waals surface area contributed by atoms with E-state index in [0.29, 0.717) is 10.2 Å². The van der Waals surface area contributed by atoms with E-state index < -0.39 is 10.0 Å². The summed E-state index contributed by atoms with van der Waals surface area (Å²) in [5, 5.41) is 6.26. The van der Waals surface area contributed by atoms with Crippen LogP contribution < -0.4 is 4.72 Å². The second kappa shape index (κ2) is 4.63. The minimum Gasteiger partial charge on any atom is -0.284 e. The maximum Gasteiger partial charge on any atom is 0.265 e. The van der Waals surface area contributed by atoms with Crippen molar-refractivity contribution in [2.45, 2.75) is 4.90 Å². The second-order valence-electron chi connectivity index (χ2n) is 3.04. The van der Waals surface area contributed by atoms with E-state index in [1.54, 1.807) is 0 Å². The predicted octanol–water partition coefficient (Wildman–Crippen LogP) is 2.02. The van der Waals surface area contributed by atoms with Crippen LogP contribution in [-0.2, 0) is 10.0 Å². The largest absolute Gasteiger partial charge is 0.284 e. The molecule has 90 valence electrons. The third-order valence-corrected chi connectivity index (χ3v) is 4.31. The number of pyridine rings is 1. The van der Waals surface area contributed by atoms with E-state index in [-0.39, 0.29) is 10.0 Å². The summed E-state index contributed by atoms with van der Waals surface area (Å²) in [4.78, 5) is 3.86. The molecule has 0 amide bonds. The highest BCUT2D eigenvalue weighted by Crippen LogP contribution is 2.24. The summed E-state index contributed by atoms with van der Waals surface area (Å²) in [6.07, 6.45) is 3.81. The minimum atomic E-state index is -3.65. The van der Waals surface area contributed by atoms with E-state index in [2.05, 4.69) is 35.8 Å². The van der Waals surface area contributed by atoms with E-state index in [4.69, 9.17) is 11.6 Å². The Kier molecular flexibility index (Phi) is 3.36. The maximum absolute atomic E-state index is 11.8. The first-order chi connectivity index (χ1) is 7.99. The van der Waals surface area contributed by atoms with Gasteiger partial charge in [-0.2, -0.15) is 5.10 Å². The fourth-order valence-corrected chi connectivity index (χ4v) is 2.47. The van der Waals surface area contributed by atoms with Crippen molar-refractivity contribution < 1.29 is 8.42 Å². The average molecular weight is 338 g/mol. The van der Waals surface area contributed by atoms with Crippen molar-refractivity contribution in [1.82, 2.24) is 15.2 Å². The van der Waals surface area contributed by atoms with E-state index in [0.717, 1.165) is 0 Å². The van der Waals surface area contributed by atoms with Crippen LogP contribution in [0.5, 0.6) is 0 Å². The molecule has 9 heteroatoms. The van der Waals surface area contributed by atoms with Crippen LogP contribution in [-0.4, -0.2) is 23.6 Å². The number of sulfonamides is 1. The van der Waals surface area contributed by atoms with Crippen LogP contribution in [0.25, 0.3) is 0 Å². The molecule has 17 heavy (non-hydrogen) atoms. The Bertz CT molecular complexity index is 629. The average Bonchev–Trinajstić information content (AvgIpc) is 2.77. The number of anilines is 1. The first-order valence-corrected chi connectivity index (χ1v) is 6.97. The highest BCUT2D eigenvalue weighted by Gasteiger charge is 2.15. The number of halogens is 2. The van der Waals surface area contributed by atoms with Crippen molar-refractivity contribution in [2.75, 3.05) is 4.72 Å². The lowest BCUT2D eigenvalue weighted by Crippen LogP contribution is -2.12. The molecule has 0 aliphatic rings. The van der Waals surface area contributed by atoms with Gasteiger partial charge in [0.05, 0.1) is 22.6 Å². The summed E-state index contributed by atoms with van der Waals surface area (Å²) < 4.78 is 26.5. The first-order valence-electron chi connectivity index (χ1n) is 4.32. The second-order valence-corrected chi connectivity index (χ2v) is 5.93. The van der Waals surface area contributed by atoms with E-state index in [1.807, 2.05) is 0 Å². The van der Waals surface area contributed by atoms with Crippen LogP contribution in [0.1, 0.15) is 0 Å². The van der Waals surface area contributed by atoms with Crippen LogP contribution in [0.3, 0.4) is 0 Å². The molecule has 2 aromatic rings. The monoisotopic (exact) mass is 336 g/mol. The first kappa shape index (κ1) is 12.3. The molecule has 0 atom stereocenters. The molecule has 6 nitrogen and oxygen atoms in total.